The fourth-order valence-corrected chi connectivity index (χ4v) is 0.862. The molecule has 0 heterocycles. The maximum Gasteiger partial charge on any atom is 0.221 e. The molecule has 0 aliphatic rings. The molecule has 0 saturated heterocycles. The zero-order valence-electron chi connectivity index (χ0n) is 6.10. The Morgan fingerprint density at radius 1 is 1.36 bits per heavy atom. The van der Waals surface area contributed by atoms with Crippen molar-refractivity contribution in [1.29, 1.82) is 0 Å². The summed E-state index contributed by atoms with van der Waals surface area (Å²) in [7, 11) is 0. The first-order valence-corrected chi connectivity index (χ1v) is 3.59. The van der Waals surface area contributed by atoms with E-state index in [4.69, 9.17) is 11.6 Å². The van der Waals surface area contributed by atoms with E-state index in [1.165, 1.54) is 6.92 Å². The zero-order valence-corrected chi connectivity index (χ0v) is 6.85. The van der Waals surface area contributed by atoms with Gasteiger partial charge in [-0.05, 0) is 24.3 Å². The van der Waals surface area contributed by atoms with Gasteiger partial charge in [-0.25, -0.2) is 0 Å². The first-order valence-electron chi connectivity index (χ1n) is 3.21. The molecule has 0 radical (unpaired) electrons. The number of amides is 1. The van der Waals surface area contributed by atoms with Gasteiger partial charge in [0, 0.05) is 17.6 Å². The van der Waals surface area contributed by atoms with Gasteiger partial charge in [0.1, 0.15) is 0 Å². The molecule has 0 unspecified atom stereocenters. The van der Waals surface area contributed by atoms with Crippen molar-refractivity contribution in [3.05, 3.63) is 29.3 Å². The summed E-state index contributed by atoms with van der Waals surface area (Å²) in [6, 6.07) is 6.97. The molecular formula is C8H8ClNO. The number of hydrogen-bond donors (Lipinski definition) is 1. The highest BCUT2D eigenvalue weighted by molar-refractivity contribution is 6.30. The van der Waals surface area contributed by atoms with Crippen LogP contribution in [0.3, 0.4) is 0 Å². The third-order valence-corrected chi connectivity index (χ3v) is 1.42. The van der Waals surface area contributed by atoms with Crippen LogP contribution in [0.1, 0.15) is 6.92 Å². The van der Waals surface area contributed by atoms with Crippen molar-refractivity contribution in [3.8, 4) is 0 Å². The van der Waals surface area contributed by atoms with Gasteiger partial charge >= 0.3 is 0 Å². The van der Waals surface area contributed by atoms with E-state index in [9.17, 15) is 4.79 Å². The lowest BCUT2D eigenvalue weighted by Gasteiger charge is -1.99. The van der Waals surface area contributed by atoms with Gasteiger partial charge in [0.05, 0.1) is 0 Å². The van der Waals surface area contributed by atoms with E-state index >= 15 is 0 Å². The summed E-state index contributed by atoms with van der Waals surface area (Å²) in [6.45, 7) is 1.47. The number of halogens is 1. The molecule has 1 rings (SSSR count). The average molecular weight is 169 g/mol. The first-order chi connectivity index (χ1) is 5.18. The minimum Gasteiger partial charge on any atom is -0.326 e. The van der Waals surface area contributed by atoms with E-state index in [1.807, 2.05) is 0 Å². The second-order valence-electron chi connectivity index (χ2n) is 2.19. The van der Waals surface area contributed by atoms with E-state index in [0.29, 0.717) is 5.02 Å². The summed E-state index contributed by atoms with van der Waals surface area (Å²) in [5, 5.41) is 3.30. The second kappa shape index (κ2) is 3.39. The van der Waals surface area contributed by atoms with Gasteiger partial charge in [0.15, 0.2) is 0 Å². The van der Waals surface area contributed by atoms with Crippen LogP contribution < -0.4 is 5.32 Å². The quantitative estimate of drug-likeness (QED) is 0.685. The second-order valence-corrected chi connectivity index (χ2v) is 2.62. The Labute approximate surface area is 70.2 Å². The van der Waals surface area contributed by atoms with Gasteiger partial charge in [-0.1, -0.05) is 11.6 Å². The Kier molecular flexibility index (Phi) is 2.49. The lowest BCUT2D eigenvalue weighted by atomic mass is 10.2. The smallest absolute Gasteiger partial charge is 0.221 e. The summed E-state index contributed by atoms with van der Waals surface area (Å²) in [4.78, 5) is 10.6. The van der Waals surface area contributed by atoms with Crippen molar-refractivity contribution in [1.82, 2.24) is 0 Å². The summed E-state index contributed by atoms with van der Waals surface area (Å²) in [5.74, 6) is -0.0766. The number of benzene rings is 1. The van der Waals surface area contributed by atoms with Crippen LogP contribution in [0.25, 0.3) is 0 Å². The maximum absolute atomic E-state index is 10.6. The van der Waals surface area contributed by atoms with Crippen LogP contribution in [0.2, 0.25) is 5.02 Å². The van der Waals surface area contributed by atoms with Crippen LogP contribution in [-0.4, -0.2) is 5.91 Å². The van der Waals surface area contributed by atoms with Gasteiger partial charge in [-0.15, -0.1) is 0 Å². The van der Waals surface area contributed by atoms with Crippen LogP contribution in [0.15, 0.2) is 24.3 Å². The van der Waals surface area contributed by atoms with Crippen molar-refractivity contribution in [2.24, 2.45) is 0 Å². The molecule has 0 aliphatic carbocycles. The maximum atomic E-state index is 10.6. The molecule has 11 heavy (non-hydrogen) atoms. The van der Waals surface area contributed by atoms with E-state index in [1.54, 1.807) is 24.3 Å². The van der Waals surface area contributed by atoms with E-state index in [-0.39, 0.29) is 5.91 Å². The van der Waals surface area contributed by atoms with Gasteiger partial charge in [0.25, 0.3) is 0 Å². The van der Waals surface area contributed by atoms with Crippen molar-refractivity contribution in [2.45, 2.75) is 6.92 Å². The normalized spacial score (nSPS) is 9.27. The van der Waals surface area contributed by atoms with Gasteiger partial charge in [0.2, 0.25) is 5.91 Å². The minimum atomic E-state index is -0.0766. The van der Waals surface area contributed by atoms with Crippen LogP contribution >= 0.6 is 11.6 Å². The van der Waals surface area contributed by atoms with Gasteiger partial charge in [-0.3, -0.25) is 4.79 Å². The predicted molar refractivity (Wildman–Crippen MR) is 45.8 cm³/mol. The Morgan fingerprint density at radius 2 is 1.91 bits per heavy atom. The highest BCUT2D eigenvalue weighted by Crippen LogP contribution is 2.12. The zero-order chi connectivity index (χ0) is 8.27. The molecule has 0 bridgehead atoms. The third-order valence-electron chi connectivity index (χ3n) is 1.16. The number of rotatable bonds is 1. The highest BCUT2D eigenvalue weighted by Gasteiger charge is 1.93. The first kappa shape index (κ1) is 8.08. The Hall–Kier alpha value is -1.02. The molecule has 3 heteroatoms. The minimum absolute atomic E-state index is 0.0766. The number of hydrogen-bond acceptors (Lipinski definition) is 1. The lowest BCUT2D eigenvalue weighted by molar-refractivity contribution is -0.114. The van der Waals surface area contributed by atoms with E-state index in [2.05, 4.69) is 5.32 Å². The molecular weight excluding hydrogens is 161 g/mol. The van der Waals surface area contributed by atoms with Gasteiger partial charge in [-0.2, -0.15) is 0 Å². The van der Waals surface area contributed by atoms with Crippen LogP contribution in [-0.2, 0) is 4.79 Å². The summed E-state index contributed by atoms with van der Waals surface area (Å²) in [6.07, 6.45) is 0. The fraction of sp³-hybridized carbons (Fsp3) is 0.125. The molecule has 1 aromatic carbocycles. The number of carbonyl (C=O) groups excluding carboxylic acids is 1. The largest absolute Gasteiger partial charge is 0.326 e. The molecule has 1 aromatic rings. The molecule has 0 aromatic heterocycles. The number of anilines is 1. The topological polar surface area (TPSA) is 29.1 Å². The molecule has 2 nitrogen and oxygen atoms in total. The molecule has 58 valence electrons. The Morgan fingerprint density at radius 3 is 2.36 bits per heavy atom. The molecule has 0 fully saturated rings. The summed E-state index contributed by atoms with van der Waals surface area (Å²) >= 11 is 5.64. The standard InChI is InChI=1S/C8H8ClNO/c1-6(11)10-8-4-2-7(9)3-5-8/h2-5H,1H3,(H,10,11)/i1-1. The predicted octanol–water partition coefficient (Wildman–Crippen LogP) is 2.30. The van der Waals surface area contributed by atoms with E-state index in [0.717, 1.165) is 5.69 Å². The molecule has 0 saturated carbocycles. The fourth-order valence-electron chi connectivity index (χ4n) is 0.736. The SMILES string of the molecule is [11CH3]C(=O)Nc1ccc(Cl)cc1. The summed E-state index contributed by atoms with van der Waals surface area (Å²) < 4.78 is 0. The van der Waals surface area contributed by atoms with Crippen LogP contribution in [0, 0.1) is 0 Å². The molecule has 0 atom stereocenters. The number of nitrogens with one attached hydrogen (secondary N) is 1. The van der Waals surface area contributed by atoms with Crippen molar-refractivity contribution < 1.29 is 4.79 Å². The molecule has 0 spiro atoms. The molecule has 1 amide bonds. The van der Waals surface area contributed by atoms with Crippen LogP contribution in [0.5, 0.6) is 0 Å². The van der Waals surface area contributed by atoms with Crippen molar-refractivity contribution in [2.75, 3.05) is 5.32 Å². The van der Waals surface area contributed by atoms with E-state index < -0.39 is 0 Å². The average Bonchev–Trinajstić information content (AvgIpc) is 1.93. The van der Waals surface area contributed by atoms with Crippen molar-refractivity contribution >= 4 is 23.2 Å². The lowest BCUT2D eigenvalue weighted by Crippen LogP contribution is -2.04. The monoisotopic (exact) mass is 168 g/mol. The van der Waals surface area contributed by atoms with Crippen LogP contribution in [0.4, 0.5) is 5.69 Å². The highest BCUT2D eigenvalue weighted by atomic mass is 35.5. The summed E-state index contributed by atoms with van der Waals surface area (Å²) in [5.41, 5.74) is 0.766. The number of carbonyl (C=O) groups is 1. The molecule has 0 aliphatic heterocycles. The molecule has 1 N–H and O–H groups in total. The van der Waals surface area contributed by atoms with Gasteiger partial charge < -0.3 is 5.32 Å². The Balaban J connectivity index is 2.74. The van der Waals surface area contributed by atoms with Crippen molar-refractivity contribution in [3.63, 3.8) is 0 Å². The Bertz CT molecular complexity index is 255. The third kappa shape index (κ3) is 2.60.